The lowest BCUT2D eigenvalue weighted by atomic mass is 10.0. The number of benzene rings is 1. The molecule has 0 aliphatic carbocycles. The molecule has 0 fully saturated rings. The van der Waals surface area contributed by atoms with Crippen LogP contribution in [0.3, 0.4) is 0 Å². The summed E-state index contributed by atoms with van der Waals surface area (Å²) in [6, 6.07) is 4.95. The number of hydrogen-bond acceptors (Lipinski definition) is 4. The second-order valence-corrected chi connectivity index (χ2v) is 6.88. The van der Waals surface area contributed by atoms with Crippen LogP contribution in [0.15, 0.2) is 22.7 Å². The van der Waals surface area contributed by atoms with Crippen LogP contribution in [0.4, 0.5) is 4.79 Å². The van der Waals surface area contributed by atoms with E-state index in [2.05, 4.69) is 21.2 Å². The molecule has 1 aromatic rings. The maximum Gasteiger partial charge on any atom is 0.407 e. The Labute approximate surface area is 137 Å². The van der Waals surface area contributed by atoms with E-state index in [1.54, 1.807) is 39.0 Å². The van der Waals surface area contributed by atoms with Crippen molar-refractivity contribution in [3.05, 3.63) is 33.3 Å². The van der Waals surface area contributed by atoms with E-state index in [1.165, 1.54) is 0 Å². The number of hydrogen-bond donors (Lipinski definition) is 3. The maximum absolute atomic E-state index is 11.5. The van der Waals surface area contributed by atoms with Crippen LogP contribution in [0, 0.1) is 0 Å². The van der Waals surface area contributed by atoms with Gasteiger partial charge in [-0.1, -0.05) is 27.5 Å². The fourth-order valence-corrected chi connectivity index (χ4v) is 2.17. The standard InChI is InChI=1S/C14H19BrClNO4/c1-14(2,3)21-13(20)17-7-11(18)12(19)9-6-8(15)4-5-10(9)16/h4-6,11-12,18-19H,7H2,1-3H3,(H,17,20). The Morgan fingerprint density at radius 1 is 1.43 bits per heavy atom. The molecule has 0 radical (unpaired) electrons. The molecule has 0 aliphatic heterocycles. The predicted octanol–water partition coefficient (Wildman–Crippen LogP) is 3.02. The maximum atomic E-state index is 11.5. The third-order valence-electron chi connectivity index (χ3n) is 2.50. The van der Waals surface area contributed by atoms with Crippen molar-refractivity contribution in [3.8, 4) is 0 Å². The first kappa shape index (κ1) is 18.2. The van der Waals surface area contributed by atoms with Gasteiger partial charge in [-0.05, 0) is 39.0 Å². The number of halogens is 2. The summed E-state index contributed by atoms with van der Waals surface area (Å²) in [6.07, 6.45) is -3.08. The summed E-state index contributed by atoms with van der Waals surface area (Å²) < 4.78 is 5.77. The minimum absolute atomic E-state index is 0.154. The van der Waals surface area contributed by atoms with Crippen LogP contribution in [0.1, 0.15) is 32.4 Å². The van der Waals surface area contributed by atoms with Crippen molar-refractivity contribution in [2.75, 3.05) is 6.54 Å². The Balaban J connectivity index is 2.61. The summed E-state index contributed by atoms with van der Waals surface area (Å²) in [5.74, 6) is 0. The van der Waals surface area contributed by atoms with Gasteiger partial charge in [-0.15, -0.1) is 0 Å². The first-order valence-electron chi connectivity index (χ1n) is 6.38. The Kier molecular flexibility index (Phi) is 6.46. The van der Waals surface area contributed by atoms with Crippen molar-refractivity contribution in [3.63, 3.8) is 0 Å². The zero-order valence-corrected chi connectivity index (χ0v) is 14.4. The predicted molar refractivity (Wildman–Crippen MR) is 84.4 cm³/mol. The molecule has 2 atom stereocenters. The van der Waals surface area contributed by atoms with Gasteiger partial charge in [0.1, 0.15) is 17.8 Å². The molecule has 0 spiro atoms. The number of aliphatic hydroxyl groups is 2. The average Bonchev–Trinajstić information content (AvgIpc) is 2.36. The van der Waals surface area contributed by atoms with Gasteiger partial charge in [-0.25, -0.2) is 4.79 Å². The van der Waals surface area contributed by atoms with Gasteiger partial charge in [-0.3, -0.25) is 0 Å². The van der Waals surface area contributed by atoms with Gasteiger partial charge < -0.3 is 20.3 Å². The second kappa shape index (κ2) is 7.45. The summed E-state index contributed by atoms with van der Waals surface area (Å²) in [4.78, 5) is 11.5. The van der Waals surface area contributed by atoms with Crippen LogP contribution in [-0.4, -0.2) is 34.6 Å². The second-order valence-electron chi connectivity index (χ2n) is 5.56. The number of amides is 1. The molecule has 0 aromatic heterocycles. The van der Waals surface area contributed by atoms with Crippen LogP contribution in [0.5, 0.6) is 0 Å². The van der Waals surface area contributed by atoms with Crippen LogP contribution in [-0.2, 0) is 4.74 Å². The number of carbonyl (C=O) groups is 1. The molecule has 0 aliphatic rings. The molecule has 0 heterocycles. The normalized spacial score (nSPS) is 14.4. The molecule has 0 saturated heterocycles. The fraction of sp³-hybridized carbons (Fsp3) is 0.500. The number of carbonyl (C=O) groups excluding carboxylic acids is 1. The molecule has 0 bridgehead atoms. The molecule has 0 saturated carbocycles. The van der Waals surface area contributed by atoms with Gasteiger partial charge in [0.2, 0.25) is 0 Å². The summed E-state index contributed by atoms with van der Waals surface area (Å²) >= 11 is 9.25. The Hall–Kier alpha value is -0.820. The van der Waals surface area contributed by atoms with E-state index in [9.17, 15) is 15.0 Å². The highest BCUT2D eigenvalue weighted by Crippen LogP contribution is 2.28. The van der Waals surface area contributed by atoms with E-state index in [1.807, 2.05) is 0 Å². The number of ether oxygens (including phenoxy) is 1. The van der Waals surface area contributed by atoms with Crippen LogP contribution in [0.25, 0.3) is 0 Å². The molecular formula is C14H19BrClNO4. The van der Waals surface area contributed by atoms with E-state index >= 15 is 0 Å². The van der Waals surface area contributed by atoms with Crippen LogP contribution >= 0.6 is 27.5 Å². The quantitative estimate of drug-likeness (QED) is 0.750. The molecular weight excluding hydrogens is 362 g/mol. The number of rotatable bonds is 4. The lowest BCUT2D eigenvalue weighted by molar-refractivity contribution is 0.0129. The van der Waals surface area contributed by atoms with Gasteiger partial charge >= 0.3 is 6.09 Å². The van der Waals surface area contributed by atoms with Crippen molar-refractivity contribution in [2.24, 2.45) is 0 Å². The highest BCUT2D eigenvalue weighted by molar-refractivity contribution is 9.10. The lowest BCUT2D eigenvalue weighted by Gasteiger charge is -2.22. The molecule has 1 amide bonds. The summed E-state index contributed by atoms with van der Waals surface area (Å²) in [5.41, 5.74) is -0.245. The first-order chi connectivity index (χ1) is 9.60. The van der Waals surface area contributed by atoms with Crippen LogP contribution < -0.4 is 5.32 Å². The largest absolute Gasteiger partial charge is 0.444 e. The van der Waals surface area contributed by atoms with Crippen molar-refractivity contribution >= 4 is 33.6 Å². The van der Waals surface area contributed by atoms with E-state index in [0.29, 0.717) is 10.6 Å². The van der Waals surface area contributed by atoms with Crippen molar-refractivity contribution < 1.29 is 19.7 Å². The third-order valence-corrected chi connectivity index (χ3v) is 3.33. The average molecular weight is 381 g/mol. The number of alkyl carbamates (subject to hydrolysis) is 1. The molecule has 118 valence electrons. The first-order valence-corrected chi connectivity index (χ1v) is 7.55. The highest BCUT2D eigenvalue weighted by atomic mass is 79.9. The van der Waals surface area contributed by atoms with E-state index in [-0.39, 0.29) is 6.54 Å². The van der Waals surface area contributed by atoms with E-state index in [4.69, 9.17) is 16.3 Å². The topological polar surface area (TPSA) is 78.8 Å². The third kappa shape index (κ3) is 6.22. The van der Waals surface area contributed by atoms with Gasteiger partial charge in [0, 0.05) is 21.6 Å². The molecule has 3 N–H and O–H groups in total. The zero-order chi connectivity index (χ0) is 16.2. The Morgan fingerprint density at radius 2 is 2.05 bits per heavy atom. The highest BCUT2D eigenvalue weighted by Gasteiger charge is 2.23. The molecule has 21 heavy (non-hydrogen) atoms. The lowest BCUT2D eigenvalue weighted by Crippen LogP contribution is -2.38. The monoisotopic (exact) mass is 379 g/mol. The Morgan fingerprint density at radius 3 is 2.62 bits per heavy atom. The molecule has 1 rings (SSSR count). The van der Waals surface area contributed by atoms with Gasteiger partial charge in [0.15, 0.2) is 0 Å². The van der Waals surface area contributed by atoms with Crippen molar-refractivity contribution in [1.82, 2.24) is 5.32 Å². The fourth-order valence-electron chi connectivity index (χ4n) is 1.56. The van der Waals surface area contributed by atoms with Crippen LogP contribution in [0.2, 0.25) is 5.02 Å². The molecule has 7 heteroatoms. The summed E-state index contributed by atoms with van der Waals surface area (Å²) in [6.45, 7) is 5.05. The Bertz CT molecular complexity index is 504. The van der Waals surface area contributed by atoms with Gasteiger partial charge in [-0.2, -0.15) is 0 Å². The molecule has 5 nitrogen and oxygen atoms in total. The van der Waals surface area contributed by atoms with Crippen molar-refractivity contribution in [1.29, 1.82) is 0 Å². The zero-order valence-electron chi connectivity index (χ0n) is 12.1. The van der Waals surface area contributed by atoms with Gasteiger partial charge in [0.25, 0.3) is 0 Å². The smallest absolute Gasteiger partial charge is 0.407 e. The van der Waals surface area contributed by atoms with Crippen molar-refractivity contribution in [2.45, 2.75) is 38.6 Å². The minimum atomic E-state index is -1.22. The number of nitrogens with one attached hydrogen (secondary N) is 1. The summed E-state index contributed by atoms with van der Waals surface area (Å²) in [7, 11) is 0. The van der Waals surface area contributed by atoms with E-state index < -0.39 is 23.9 Å². The molecule has 1 aromatic carbocycles. The van der Waals surface area contributed by atoms with Gasteiger partial charge in [0.05, 0.1) is 0 Å². The molecule has 2 unspecified atom stereocenters. The van der Waals surface area contributed by atoms with E-state index in [0.717, 1.165) is 4.47 Å². The summed E-state index contributed by atoms with van der Waals surface area (Å²) in [5, 5.41) is 22.8. The minimum Gasteiger partial charge on any atom is -0.444 e. The number of aliphatic hydroxyl groups excluding tert-OH is 2. The SMILES string of the molecule is CC(C)(C)OC(=O)NCC(O)C(O)c1cc(Br)ccc1Cl.